The zero-order chi connectivity index (χ0) is 27.8. The van der Waals surface area contributed by atoms with Crippen LogP contribution in [0.2, 0.25) is 0 Å². The SMILES string of the molecule is CC(=O)CCC1(C=O)CC(C)(C)c2ccc(Br)cc2C1=O.CC1(C)CC(C=O)C(=O)c2cc(Br)ccc21. The Morgan fingerprint density at radius 3 is 1.97 bits per heavy atom. The van der Waals surface area contributed by atoms with Crippen LogP contribution in [0.3, 0.4) is 0 Å². The summed E-state index contributed by atoms with van der Waals surface area (Å²) in [6.45, 7) is 9.71. The zero-order valence-corrected chi connectivity index (χ0v) is 25.0. The van der Waals surface area contributed by atoms with Crippen LogP contribution in [0.4, 0.5) is 0 Å². The fraction of sp³-hybridized carbons (Fsp3) is 0.433. The minimum absolute atomic E-state index is 0.00173. The molecule has 4 rings (SSSR count). The second kappa shape index (κ2) is 10.9. The zero-order valence-electron chi connectivity index (χ0n) is 21.8. The molecule has 0 heterocycles. The highest BCUT2D eigenvalue weighted by Crippen LogP contribution is 2.47. The van der Waals surface area contributed by atoms with E-state index in [2.05, 4.69) is 45.7 Å². The lowest BCUT2D eigenvalue weighted by molar-refractivity contribution is -0.119. The van der Waals surface area contributed by atoms with E-state index in [9.17, 15) is 24.0 Å². The molecule has 0 aromatic heterocycles. The Hall–Kier alpha value is -2.25. The summed E-state index contributed by atoms with van der Waals surface area (Å²) in [4.78, 5) is 58.8. The molecule has 0 N–H and O–H groups in total. The molecule has 2 unspecified atom stereocenters. The second-order valence-corrected chi connectivity index (χ2v) is 13.3. The molecule has 2 aromatic carbocycles. The van der Waals surface area contributed by atoms with Gasteiger partial charge in [0.25, 0.3) is 0 Å². The molecule has 0 radical (unpaired) electrons. The molecule has 0 fully saturated rings. The van der Waals surface area contributed by atoms with Crippen LogP contribution in [0.25, 0.3) is 0 Å². The van der Waals surface area contributed by atoms with Gasteiger partial charge < -0.3 is 14.4 Å². The van der Waals surface area contributed by atoms with E-state index in [-0.39, 0.29) is 34.6 Å². The molecule has 2 aliphatic carbocycles. The van der Waals surface area contributed by atoms with Crippen molar-refractivity contribution in [3.8, 4) is 0 Å². The summed E-state index contributed by atoms with van der Waals surface area (Å²) in [7, 11) is 0. The predicted octanol–water partition coefficient (Wildman–Crippen LogP) is 7.00. The lowest BCUT2D eigenvalue weighted by Gasteiger charge is -2.42. The monoisotopic (exact) mass is 630 g/mol. The Morgan fingerprint density at radius 1 is 0.919 bits per heavy atom. The number of carbonyl (C=O) groups is 5. The van der Waals surface area contributed by atoms with Crippen molar-refractivity contribution >= 4 is 61.8 Å². The smallest absolute Gasteiger partial charge is 0.176 e. The standard InChI is InChI=1S/C17H19BrO3.C13H13BrO2/c1-11(20)6-7-17(10-19)9-16(2,3)14-5-4-12(18)8-13(14)15(17)21;1-13(2)6-8(7-15)12(16)10-5-9(14)3-4-11(10)13/h4-5,8,10H,6-7,9H2,1-3H3;3-5,7-8H,6H2,1-2H3. The van der Waals surface area contributed by atoms with Crippen LogP contribution in [-0.2, 0) is 25.2 Å². The lowest BCUT2D eigenvalue weighted by Crippen LogP contribution is -2.45. The van der Waals surface area contributed by atoms with Gasteiger partial charge in [0, 0.05) is 26.5 Å². The number of ketones is 3. The molecule has 2 atom stereocenters. The summed E-state index contributed by atoms with van der Waals surface area (Å²) < 4.78 is 1.70. The van der Waals surface area contributed by atoms with E-state index in [1.807, 2.05) is 44.2 Å². The van der Waals surface area contributed by atoms with Gasteiger partial charge in [-0.15, -0.1) is 0 Å². The van der Waals surface area contributed by atoms with E-state index in [1.54, 1.807) is 6.07 Å². The van der Waals surface area contributed by atoms with Crippen LogP contribution >= 0.6 is 31.9 Å². The first kappa shape index (κ1) is 29.3. The highest BCUT2D eigenvalue weighted by Gasteiger charge is 2.49. The van der Waals surface area contributed by atoms with Gasteiger partial charge in [-0.05, 0) is 72.4 Å². The molecule has 2 aliphatic rings. The molecule has 0 amide bonds. The van der Waals surface area contributed by atoms with E-state index < -0.39 is 11.3 Å². The van der Waals surface area contributed by atoms with E-state index in [4.69, 9.17) is 0 Å². The minimum atomic E-state index is -1.08. The molecule has 0 saturated carbocycles. The average Bonchev–Trinajstić information content (AvgIpc) is 2.83. The summed E-state index contributed by atoms with van der Waals surface area (Å²) >= 11 is 6.74. The largest absolute Gasteiger partial charge is 0.303 e. The van der Waals surface area contributed by atoms with Gasteiger partial charge >= 0.3 is 0 Å². The summed E-state index contributed by atoms with van der Waals surface area (Å²) in [6, 6.07) is 11.4. The minimum Gasteiger partial charge on any atom is -0.303 e. The van der Waals surface area contributed by atoms with Gasteiger partial charge in [0.15, 0.2) is 11.6 Å². The van der Waals surface area contributed by atoms with Crippen LogP contribution in [0, 0.1) is 11.3 Å². The van der Waals surface area contributed by atoms with Gasteiger partial charge in [0.2, 0.25) is 0 Å². The molecule has 196 valence electrons. The number of hydrogen-bond acceptors (Lipinski definition) is 5. The quantitative estimate of drug-likeness (QED) is 0.262. The molecule has 2 aromatic rings. The first-order chi connectivity index (χ1) is 17.2. The Bertz CT molecular complexity index is 1280. The van der Waals surface area contributed by atoms with Gasteiger partial charge in [0.1, 0.15) is 18.4 Å². The number of halogens is 2. The van der Waals surface area contributed by atoms with Crippen LogP contribution in [0.15, 0.2) is 45.3 Å². The Morgan fingerprint density at radius 2 is 1.46 bits per heavy atom. The topological polar surface area (TPSA) is 85.3 Å². The average molecular weight is 632 g/mol. The lowest BCUT2D eigenvalue weighted by atomic mass is 9.59. The van der Waals surface area contributed by atoms with Crippen LogP contribution in [-0.4, -0.2) is 29.9 Å². The van der Waals surface area contributed by atoms with Crippen molar-refractivity contribution in [2.24, 2.45) is 11.3 Å². The number of fused-ring (bicyclic) bond motifs is 2. The second-order valence-electron chi connectivity index (χ2n) is 11.4. The maximum atomic E-state index is 12.9. The van der Waals surface area contributed by atoms with Gasteiger partial charge in [-0.3, -0.25) is 9.59 Å². The van der Waals surface area contributed by atoms with E-state index in [1.165, 1.54) is 6.92 Å². The van der Waals surface area contributed by atoms with E-state index >= 15 is 0 Å². The third-order valence-electron chi connectivity index (χ3n) is 7.52. The Kier molecular flexibility index (Phi) is 8.60. The summed E-state index contributed by atoms with van der Waals surface area (Å²) in [6.07, 6.45) is 3.12. The summed E-state index contributed by atoms with van der Waals surface area (Å²) in [5.74, 6) is -0.696. The van der Waals surface area contributed by atoms with Crippen molar-refractivity contribution in [2.45, 2.75) is 71.1 Å². The molecular weight excluding hydrogens is 600 g/mol. The van der Waals surface area contributed by atoms with Crippen molar-refractivity contribution in [3.63, 3.8) is 0 Å². The fourth-order valence-corrected chi connectivity index (χ4v) is 6.38. The number of Topliss-reactive ketones (excluding diaryl/α,β-unsaturated/α-hetero) is 3. The van der Waals surface area contributed by atoms with Crippen molar-refractivity contribution in [1.82, 2.24) is 0 Å². The van der Waals surface area contributed by atoms with Gasteiger partial charge in [-0.1, -0.05) is 71.7 Å². The number of hydrogen-bond donors (Lipinski definition) is 0. The van der Waals surface area contributed by atoms with Crippen molar-refractivity contribution < 1.29 is 24.0 Å². The fourth-order valence-electron chi connectivity index (χ4n) is 5.65. The van der Waals surface area contributed by atoms with E-state index in [0.717, 1.165) is 32.6 Å². The maximum Gasteiger partial charge on any atom is 0.176 e. The van der Waals surface area contributed by atoms with Gasteiger partial charge in [-0.25, -0.2) is 0 Å². The molecule has 0 spiro atoms. The first-order valence-corrected chi connectivity index (χ1v) is 13.9. The van der Waals surface area contributed by atoms with Crippen LogP contribution in [0.5, 0.6) is 0 Å². The summed E-state index contributed by atoms with van der Waals surface area (Å²) in [5.41, 5.74) is 1.81. The number of rotatable bonds is 5. The van der Waals surface area contributed by atoms with Crippen molar-refractivity contribution in [2.75, 3.05) is 0 Å². The summed E-state index contributed by atoms with van der Waals surface area (Å²) in [5, 5.41) is 0. The van der Waals surface area contributed by atoms with Crippen LogP contribution in [0.1, 0.15) is 92.1 Å². The Balaban J connectivity index is 0.000000213. The molecule has 37 heavy (non-hydrogen) atoms. The molecule has 5 nitrogen and oxygen atoms in total. The highest BCUT2D eigenvalue weighted by molar-refractivity contribution is 9.10. The van der Waals surface area contributed by atoms with Crippen LogP contribution < -0.4 is 0 Å². The molecule has 0 saturated heterocycles. The number of aldehydes is 2. The number of benzene rings is 2. The van der Waals surface area contributed by atoms with E-state index in [0.29, 0.717) is 30.4 Å². The first-order valence-electron chi connectivity index (χ1n) is 12.3. The Labute approximate surface area is 235 Å². The molecule has 0 bridgehead atoms. The third kappa shape index (κ3) is 5.93. The van der Waals surface area contributed by atoms with Crippen molar-refractivity contribution in [1.29, 1.82) is 0 Å². The highest BCUT2D eigenvalue weighted by atomic mass is 79.9. The van der Waals surface area contributed by atoms with Crippen molar-refractivity contribution in [3.05, 3.63) is 67.6 Å². The third-order valence-corrected chi connectivity index (χ3v) is 8.51. The molecule has 0 aliphatic heterocycles. The van der Waals surface area contributed by atoms with Gasteiger partial charge in [-0.2, -0.15) is 0 Å². The normalized spacial score (nSPS) is 23.2. The van der Waals surface area contributed by atoms with Gasteiger partial charge in [0.05, 0.1) is 11.3 Å². The maximum absolute atomic E-state index is 12.9. The molecular formula is C30H32Br2O5. The predicted molar refractivity (Wildman–Crippen MR) is 150 cm³/mol. The number of carbonyl (C=O) groups excluding carboxylic acids is 5. The molecule has 7 heteroatoms.